The van der Waals surface area contributed by atoms with Crippen molar-refractivity contribution < 1.29 is 24.1 Å². The molecule has 12 heteroatoms. The van der Waals surface area contributed by atoms with E-state index in [2.05, 4.69) is 30.2 Å². The summed E-state index contributed by atoms with van der Waals surface area (Å²) in [5, 5.41) is 13.2. The number of imidazole rings is 1. The number of rotatable bonds is 10. The highest BCUT2D eigenvalue weighted by atomic mass is 16.5. The molecule has 0 aliphatic carbocycles. The molecule has 2 atom stereocenters. The topological polar surface area (TPSA) is 129 Å². The molecule has 4 aromatic rings. The van der Waals surface area contributed by atoms with Gasteiger partial charge in [-0.15, -0.1) is 0 Å². The molecule has 0 spiro atoms. The van der Waals surface area contributed by atoms with Crippen molar-refractivity contribution in [2.75, 3.05) is 46.3 Å². The summed E-state index contributed by atoms with van der Waals surface area (Å²) in [6.45, 7) is 2.33. The van der Waals surface area contributed by atoms with Gasteiger partial charge in [0.05, 0.1) is 40.4 Å². The van der Waals surface area contributed by atoms with Crippen LogP contribution in [0, 0.1) is 0 Å². The minimum Gasteiger partial charge on any atom is -0.493 e. The summed E-state index contributed by atoms with van der Waals surface area (Å²) < 4.78 is 24.4. The summed E-state index contributed by atoms with van der Waals surface area (Å²) in [6.07, 6.45) is 6.07. The van der Waals surface area contributed by atoms with Gasteiger partial charge in [-0.1, -0.05) is 0 Å². The standard InChI is InChI=1S/C26H31N7O5/c1-35-20-8-18(9-21(36-2)24(20)37-3)10-28-25-23-26(30-15-29-25)33(16-31-23)22-13-32(12-19(14-34)38-22)11-17-4-6-27-7-5-17/h4-9,15-16,19,22,34H,10-14H2,1-3H3,(H,28,29,30)/t19-,22+/m0/s1. The molecule has 0 unspecified atom stereocenters. The summed E-state index contributed by atoms with van der Waals surface area (Å²) in [5.74, 6) is 2.27. The number of aliphatic hydroxyl groups excluding tert-OH is 1. The third kappa shape index (κ3) is 5.32. The molecule has 38 heavy (non-hydrogen) atoms. The van der Waals surface area contributed by atoms with Crippen molar-refractivity contribution in [3.63, 3.8) is 0 Å². The van der Waals surface area contributed by atoms with Crippen LogP contribution in [0.25, 0.3) is 11.2 Å². The molecule has 1 aromatic carbocycles. The quantitative estimate of drug-likeness (QED) is 0.319. The number of methoxy groups -OCH3 is 3. The zero-order valence-electron chi connectivity index (χ0n) is 21.6. The van der Waals surface area contributed by atoms with Gasteiger partial charge in [0.15, 0.2) is 28.5 Å². The highest BCUT2D eigenvalue weighted by Crippen LogP contribution is 2.38. The Labute approximate surface area is 220 Å². The zero-order valence-corrected chi connectivity index (χ0v) is 21.6. The Balaban J connectivity index is 1.36. The molecule has 3 aromatic heterocycles. The molecule has 1 aliphatic heterocycles. The van der Waals surface area contributed by atoms with E-state index in [9.17, 15) is 5.11 Å². The smallest absolute Gasteiger partial charge is 0.203 e. The minimum atomic E-state index is -0.370. The van der Waals surface area contributed by atoms with Crippen LogP contribution in [-0.4, -0.2) is 81.6 Å². The van der Waals surface area contributed by atoms with Crippen LogP contribution in [0.3, 0.4) is 0 Å². The molecule has 0 amide bonds. The number of hydrogen-bond donors (Lipinski definition) is 2. The van der Waals surface area contributed by atoms with Crippen molar-refractivity contribution in [2.24, 2.45) is 0 Å². The first-order valence-corrected chi connectivity index (χ1v) is 12.2. The third-order valence-corrected chi connectivity index (χ3v) is 6.44. The average Bonchev–Trinajstić information content (AvgIpc) is 3.40. The first-order valence-electron chi connectivity index (χ1n) is 12.2. The third-order valence-electron chi connectivity index (χ3n) is 6.44. The molecular formula is C26H31N7O5. The lowest BCUT2D eigenvalue weighted by atomic mass is 10.1. The number of ether oxygens (including phenoxy) is 4. The van der Waals surface area contributed by atoms with Gasteiger partial charge < -0.3 is 29.4 Å². The van der Waals surface area contributed by atoms with Crippen molar-refractivity contribution in [2.45, 2.75) is 25.4 Å². The van der Waals surface area contributed by atoms with Gasteiger partial charge in [0.25, 0.3) is 0 Å². The Kier molecular flexibility index (Phi) is 7.82. The van der Waals surface area contributed by atoms with Gasteiger partial charge in [-0.2, -0.15) is 0 Å². The summed E-state index contributed by atoms with van der Waals surface area (Å²) in [5.41, 5.74) is 3.32. The lowest BCUT2D eigenvalue weighted by molar-refractivity contribution is -0.135. The van der Waals surface area contributed by atoms with E-state index in [1.807, 2.05) is 28.8 Å². The van der Waals surface area contributed by atoms with Gasteiger partial charge in [0, 0.05) is 38.6 Å². The number of aromatic nitrogens is 5. The Morgan fingerprint density at radius 2 is 1.76 bits per heavy atom. The van der Waals surface area contributed by atoms with Crippen molar-refractivity contribution in [3.05, 3.63) is 60.4 Å². The summed E-state index contributed by atoms with van der Waals surface area (Å²) in [6, 6.07) is 7.75. The molecule has 1 aliphatic rings. The Bertz CT molecular complexity index is 1340. The summed E-state index contributed by atoms with van der Waals surface area (Å²) in [4.78, 5) is 19.9. The van der Waals surface area contributed by atoms with Crippen LogP contribution in [0.2, 0.25) is 0 Å². The maximum absolute atomic E-state index is 9.89. The number of aliphatic hydroxyl groups is 1. The predicted molar refractivity (Wildman–Crippen MR) is 139 cm³/mol. The van der Waals surface area contributed by atoms with E-state index >= 15 is 0 Å². The fraction of sp³-hybridized carbons (Fsp3) is 0.385. The Morgan fingerprint density at radius 3 is 2.45 bits per heavy atom. The van der Waals surface area contributed by atoms with Crippen LogP contribution in [0.15, 0.2) is 49.3 Å². The highest BCUT2D eigenvalue weighted by Gasteiger charge is 2.30. The molecule has 0 radical (unpaired) electrons. The predicted octanol–water partition coefficient (Wildman–Crippen LogP) is 2.25. The van der Waals surface area contributed by atoms with E-state index < -0.39 is 0 Å². The molecule has 0 bridgehead atoms. The average molecular weight is 522 g/mol. The molecule has 2 N–H and O–H groups in total. The molecule has 200 valence electrons. The number of fused-ring (bicyclic) bond motifs is 1. The molecule has 5 rings (SSSR count). The second kappa shape index (κ2) is 11.6. The first-order chi connectivity index (χ1) is 18.6. The normalized spacial score (nSPS) is 17.9. The van der Waals surface area contributed by atoms with Gasteiger partial charge in [0.2, 0.25) is 5.75 Å². The number of nitrogens with zero attached hydrogens (tertiary/aromatic N) is 6. The second-order valence-electron chi connectivity index (χ2n) is 8.88. The molecule has 0 saturated carbocycles. The van der Waals surface area contributed by atoms with Gasteiger partial charge in [-0.3, -0.25) is 14.5 Å². The van der Waals surface area contributed by atoms with Crippen molar-refractivity contribution >= 4 is 17.0 Å². The van der Waals surface area contributed by atoms with E-state index in [0.717, 1.165) is 17.7 Å². The molecule has 4 heterocycles. The first kappa shape index (κ1) is 25.6. The van der Waals surface area contributed by atoms with Crippen LogP contribution in [0.1, 0.15) is 17.4 Å². The lowest BCUT2D eigenvalue weighted by Gasteiger charge is -2.37. The second-order valence-corrected chi connectivity index (χ2v) is 8.88. The summed E-state index contributed by atoms with van der Waals surface area (Å²) >= 11 is 0. The van der Waals surface area contributed by atoms with Crippen LogP contribution in [-0.2, 0) is 17.8 Å². The van der Waals surface area contributed by atoms with Gasteiger partial charge in [-0.05, 0) is 35.4 Å². The van der Waals surface area contributed by atoms with E-state index in [0.29, 0.717) is 53.9 Å². The molecule has 1 saturated heterocycles. The number of nitrogens with one attached hydrogen (secondary N) is 1. The van der Waals surface area contributed by atoms with Crippen LogP contribution >= 0.6 is 0 Å². The maximum Gasteiger partial charge on any atom is 0.203 e. The fourth-order valence-corrected chi connectivity index (χ4v) is 4.64. The van der Waals surface area contributed by atoms with Gasteiger partial charge in [-0.25, -0.2) is 15.0 Å². The van der Waals surface area contributed by atoms with Crippen LogP contribution in [0.4, 0.5) is 5.82 Å². The van der Waals surface area contributed by atoms with Gasteiger partial charge in [0.1, 0.15) is 12.6 Å². The monoisotopic (exact) mass is 521 g/mol. The number of hydrogen-bond acceptors (Lipinski definition) is 11. The molecular weight excluding hydrogens is 490 g/mol. The van der Waals surface area contributed by atoms with E-state index in [1.165, 1.54) is 6.33 Å². The Hall–Kier alpha value is -4.00. The largest absolute Gasteiger partial charge is 0.493 e. The van der Waals surface area contributed by atoms with Crippen LogP contribution in [0.5, 0.6) is 17.2 Å². The van der Waals surface area contributed by atoms with Crippen LogP contribution < -0.4 is 19.5 Å². The Morgan fingerprint density at radius 1 is 1.00 bits per heavy atom. The number of morpholine rings is 1. The number of anilines is 1. The minimum absolute atomic E-state index is 0.0768. The van der Waals surface area contributed by atoms with Crippen molar-refractivity contribution in [1.29, 1.82) is 0 Å². The molecule has 12 nitrogen and oxygen atoms in total. The number of pyridine rings is 1. The van der Waals surface area contributed by atoms with E-state index in [4.69, 9.17) is 18.9 Å². The zero-order chi connectivity index (χ0) is 26.5. The van der Waals surface area contributed by atoms with Gasteiger partial charge >= 0.3 is 0 Å². The number of benzene rings is 1. The molecule has 1 fully saturated rings. The highest BCUT2D eigenvalue weighted by molar-refractivity contribution is 5.82. The lowest BCUT2D eigenvalue weighted by Crippen LogP contribution is -2.46. The van der Waals surface area contributed by atoms with Crippen molar-refractivity contribution in [3.8, 4) is 17.2 Å². The van der Waals surface area contributed by atoms with E-state index in [1.54, 1.807) is 40.1 Å². The SMILES string of the molecule is COc1cc(CNc2ncnc3c2ncn3[C@H]2CN(Cc3ccncc3)C[C@@H](CO)O2)cc(OC)c1OC. The maximum atomic E-state index is 9.89. The van der Waals surface area contributed by atoms with E-state index in [-0.39, 0.29) is 18.9 Å². The fourth-order valence-electron chi connectivity index (χ4n) is 4.64. The summed E-state index contributed by atoms with van der Waals surface area (Å²) in [7, 11) is 4.74. The van der Waals surface area contributed by atoms with Crippen molar-refractivity contribution in [1.82, 2.24) is 29.4 Å².